The molecule has 0 aliphatic rings. The van der Waals surface area contributed by atoms with Gasteiger partial charge in [-0.25, -0.2) is 0 Å². The van der Waals surface area contributed by atoms with Crippen LogP contribution in [-0.2, 0) is 24.9 Å². The average molecular weight is 276 g/mol. The summed E-state index contributed by atoms with van der Waals surface area (Å²) in [5.41, 5.74) is 0.557. The number of ketones is 1. The third-order valence-electron chi connectivity index (χ3n) is 1.71. The largest absolute Gasteiger partial charge is 0.332 e. The van der Waals surface area contributed by atoms with Crippen LogP contribution in [0.25, 0.3) is 0 Å². The smallest absolute Gasteiger partial charge is 0.292 e. The van der Waals surface area contributed by atoms with Crippen LogP contribution in [0.4, 0.5) is 0 Å². The van der Waals surface area contributed by atoms with E-state index in [9.17, 15) is 13.2 Å². The van der Waals surface area contributed by atoms with Crippen molar-refractivity contribution >= 4 is 32.7 Å². The summed E-state index contributed by atoms with van der Waals surface area (Å²) in [7, 11) is -3.89. The molecule has 1 rings (SSSR count). The maximum absolute atomic E-state index is 11.4. The van der Waals surface area contributed by atoms with Gasteiger partial charge in [-0.05, 0) is 10.7 Å². The SMILES string of the molecule is CC(=O)C(Cl)=NOS(=O)(=O)Cc1ccccc1. The molecule has 5 nitrogen and oxygen atoms in total. The molecule has 0 N–H and O–H groups in total. The van der Waals surface area contributed by atoms with Gasteiger partial charge in [0.25, 0.3) is 0 Å². The van der Waals surface area contributed by atoms with E-state index in [1.54, 1.807) is 30.3 Å². The first-order chi connectivity index (χ1) is 7.91. The molecule has 0 heterocycles. The second-order valence-corrected chi connectivity index (χ2v) is 5.11. The van der Waals surface area contributed by atoms with E-state index in [4.69, 9.17) is 11.6 Å². The lowest BCUT2D eigenvalue weighted by atomic mass is 10.2. The van der Waals surface area contributed by atoms with E-state index in [2.05, 4.69) is 9.44 Å². The normalized spacial score (nSPS) is 12.2. The van der Waals surface area contributed by atoms with Crippen LogP contribution in [-0.4, -0.2) is 19.4 Å². The number of hydrogen-bond acceptors (Lipinski definition) is 5. The first kappa shape index (κ1) is 13.7. The lowest BCUT2D eigenvalue weighted by Crippen LogP contribution is -2.09. The van der Waals surface area contributed by atoms with Gasteiger partial charge in [-0.3, -0.25) is 9.08 Å². The van der Waals surface area contributed by atoms with Crippen LogP contribution in [0.3, 0.4) is 0 Å². The van der Waals surface area contributed by atoms with Crippen LogP contribution in [0.2, 0.25) is 0 Å². The minimum atomic E-state index is -3.89. The van der Waals surface area contributed by atoms with Gasteiger partial charge in [0.2, 0.25) is 5.17 Å². The highest BCUT2D eigenvalue weighted by atomic mass is 35.5. The van der Waals surface area contributed by atoms with Gasteiger partial charge >= 0.3 is 10.1 Å². The topological polar surface area (TPSA) is 72.8 Å². The molecule has 17 heavy (non-hydrogen) atoms. The first-order valence-corrected chi connectivity index (χ1v) is 6.56. The van der Waals surface area contributed by atoms with Gasteiger partial charge in [-0.2, -0.15) is 8.42 Å². The fourth-order valence-corrected chi connectivity index (χ4v) is 1.88. The molecule has 0 bridgehead atoms. The summed E-state index contributed by atoms with van der Waals surface area (Å²) in [6.45, 7) is 1.15. The Kier molecular flexibility index (Phi) is 4.65. The highest BCUT2D eigenvalue weighted by Crippen LogP contribution is 2.08. The minimum Gasteiger partial charge on any atom is -0.292 e. The molecular formula is C10H10ClNO4S. The molecule has 0 atom stereocenters. The molecule has 0 amide bonds. The lowest BCUT2D eigenvalue weighted by Gasteiger charge is -2.01. The molecule has 0 fully saturated rings. The predicted octanol–water partition coefficient (Wildman–Crippen LogP) is 1.67. The summed E-state index contributed by atoms with van der Waals surface area (Å²) in [5, 5.41) is 2.52. The first-order valence-electron chi connectivity index (χ1n) is 4.60. The van der Waals surface area contributed by atoms with Crippen LogP contribution in [0.5, 0.6) is 0 Å². The maximum Gasteiger partial charge on any atom is 0.332 e. The highest BCUT2D eigenvalue weighted by molar-refractivity contribution is 7.85. The molecule has 0 radical (unpaired) electrons. The fourth-order valence-electron chi connectivity index (χ4n) is 0.958. The molecule has 1 aromatic carbocycles. The van der Waals surface area contributed by atoms with Crippen LogP contribution in [0, 0.1) is 0 Å². The number of nitrogens with zero attached hydrogens (tertiary/aromatic N) is 1. The molecule has 1 aromatic rings. The summed E-state index contributed by atoms with van der Waals surface area (Å²) in [6, 6.07) is 8.45. The van der Waals surface area contributed by atoms with Crippen molar-refractivity contribution in [2.45, 2.75) is 12.7 Å². The Morgan fingerprint density at radius 1 is 1.35 bits per heavy atom. The quantitative estimate of drug-likeness (QED) is 0.605. The van der Waals surface area contributed by atoms with Crippen molar-refractivity contribution in [3.05, 3.63) is 35.9 Å². The molecule has 0 aliphatic carbocycles. The maximum atomic E-state index is 11.4. The third-order valence-corrected chi connectivity index (χ3v) is 3.03. The summed E-state index contributed by atoms with van der Waals surface area (Å²) in [6.07, 6.45) is 0. The van der Waals surface area contributed by atoms with Gasteiger partial charge in [0.05, 0.1) is 0 Å². The standard InChI is InChI=1S/C10H10ClNO4S/c1-8(13)10(11)12-16-17(14,15)7-9-5-3-2-4-6-9/h2-6H,7H2,1H3. The van der Waals surface area contributed by atoms with Gasteiger partial charge in [0.1, 0.15) is 5.75 Å². The van der Waals surface area contributed by atoms with E-state index >= 15 is 0 Å². The van der Waals surface area contributed by atoms with Crippen molar-refractivity contribution in [1.29, 1.82) is 0 Å². The van der Waals surface area contributed by atoms with Crippen LogP contribution < -0.4 is 0 Å². The Balaban J connectivity index is 2.71. The van der Waals surface area contributed by atoms with E-state index in [-0.39, 0.29) is 5.75 Å². The van der Waals surface area contributed by atoms with Crippen LogP contribution in [0.15, 0.2) is 35.5 Å². The van der Waals surface area contributed by atoms with E-state index < -0.39 is 21.1 Å². The van der Waals surface area contributed by atoms with Crippen LogP contribution >= 0.6 is 11.6 Å². The summed E-state index contributed by atoms with van der Waals surface area (Å²) >= 11 is 5.34. The lowest BCUT2D eigenvalue weighted by molar-refractivity contribution is -0.110. The van der Waals surface area contributed by atoms with E-state index in [0.29, 0.717) is 5.56 Å². The molecule has 0 spiro atoms. The Morgan fingerprint density at radius 2 is 1.94 bits per heavy atom. The molecule has 92 valence electrons. The number of carbonyl (C=O) groups is 1. The Hall–Kier alpha value is -1.40. The number of benzene rings is 1. The Bertz CT molecular complexity index is 524. The number of Topliss-reactive ketones (excluding diaryl/α,β-unsaturated/α-hetero) is 1. The summed E-state index contributed by atoms with van der Waals surface area (Å²) < 4.78 is 27.1. The Labute approximate surface area is 104 Å². The fraction of sp³-hybridized carbons (Fsp3) is 0.200. The highest BCUT2D eigenvalue weighted by Gasteiger charge is 2.14. The van der Waals surface area contributed by atoms with E-state index in [1.165, 1.54) is 0 Å². The molecule has 0 saturated heterocycles. The minimum absolute atomic E-state index is 0.334. The van der Waals surface area contributed by atoms with Crippen molar-refractivity contribution in [2.75, 3.05) is 0 Å². The second-order valence-electron chi connectivity index (χ2n) is 3.20. The average Bonchev–Trinajstić information content (AvgIpc) is 2.26. The zero-order valence-electron chi connectivity index (χ0n) is 8.96. The summed E-state index contributed by atoms with van der Waals surface area (Å²) in [4.78, 5) is 10.7. The molecule has 0 saturated carbocycles. The number of rotatable bonds is 5. The van der Waals surface area contributed by atoms with Crippen molar-refractivity contribution in [3.63, 3.8) is 0 Å². The van der Waals surface area contributed by atoms with Gasteiger partial charge in [-0.15, -0.1) is 0 Å². The van der Waals surface area contributed by atoms with Gasteiger partial charge in [-0.1, -0.05) is 41.9 Å². The molecule has 0 aliphatic heterocycles. The number of carbonyl (C=O) groups excluding carboxylic acids is 1. The molecule has 0 unspecified atom stereocenters. The monoisotopic (exact) mass is 275 g/mol. The summed E-state index contributed by atoms with van der Waals surface area (Å²) in [5.74, 6) is -0.902. The number of hydrogen-bond donors (Lipinski definition) is 0. The third kappa shape index (κ3) is 4.97. The van der Waals surface area contributed by atoms with Crippen molar-refractivity contribution in [2.24, 2.45) is 5.16 Å². The van der Waals surface area contributed by atoms with Crippen molar-refractivity contribution in [3.8, 4) is 0 Å². The Morgan fingerprint density at radius 3 is 2.47 bits per heavy atom. The molecule has 7 heteroatoms. The predicted molar refractivity (Wildman–Crippen MR) is 64.1 cm³/mol. The number of halogens is 1. The zero-order chi connectivity index (χ0) is 12.9. The molecule has 0 aromatic heterocycles. The van der Waals surface area contributed by atoms with E-state index in [1.807, 2.05) is 0 Å². The zero-order valence-corrected chi connectivity index (χ0v) is 10.5. The van der Waals surface area contributed by atoms with E-state index in [0.717, 1.165) is 6.92 Å². The number of oxime groups is 1. The van der Waals surface area contributed by atoms with Crippen molar-refractivity contribution < 1.29 is 17.5 Å². The van der Waals surface area contributed by atoms with Crippen molar-refractivity contribution in [1.82, 2.24) is 0 Å². The van der Waals surface area contributed by atoms with Gasteiger partial charge < -0.3 is 0 Å². The molecular weight excluding hydrogens is 266 g/mol. The van der Waals surface area contributed by atoms with Gasteiger partial charge in [0.15, 0.2) is 5.78 Å². The second kappa shape index (κ2) is 5.79. The van der Waals surface area contributed by atoms with Crippen LogP contribution in [0.1, 0.15) is 12.5 Å². The van der Waals surface area contributed by atoms with Gasteiger partial charge in [0, 0.05) is 6.92 Å².